The maximum absolute atomic E-state index is 12.0. The number of hydrogen-bond donors (Lipinski definition) is 1. The van der Waals surface area contributed by atoms with Gasteiger partial charge in [-0.2, -0.15) is 0 Å². The van der Waals surface area contributed by atoms with Gasteiger partial charge in [0.15, 0.2) is 11.5 Å². The zero-order valence-corrected chi connectivity index (χ0v) is 13.2. The third-order valence-corrected chi connectivity index (χ3v) is 3.19. The summed E-state index contributed by atoms with van der Waals surface area (Å²) in [6, 6.07) is 3.44. The second kappa shape index (κ2) is 8.04. The lowest BCUT2D eigenvalue weighted by Gasteiger charge is -2.13. The molecule has 0 spiro atoms. The Balaban J connectivity index is 2.91. The molecule has 4 nitrogen and oxygen atoms in total. The van der Waals surface area contributed by atoms with E-state index in [1.54, 1.807) is 19.2 Å². The van der Waals surface area contributed by atoms with Gasteiger partial charge in [-0.25, -0.2) is 0 Å². The Morgan fingerprint density at radius 1 is 1.37 bits per heavy atom. The summed E-state index contributed by atoms with van der Waals surface area (Å²) in [5.74, 6) is 1.07. The van der Waals surface area contributed by atoms with Crippen LogP contribution in [0.3, 0.4) is 0 Å². The molecule has 0 bridgehead atoms. The number of ether oxygens (including phenoxy) is 2. The number of carbonyl (C=O) groups is 1. The van der Waals surface area contributed by atoms with Gasteiger partial charge in [0.05, 0.1) is 18.2 Å². The van der Waals surface area contributed by atoms with E-state index >= 15 is 0 Å². The van der Waals surface area contributed by atoms with E-state index < -0.39 is 0 Å². The molecule has 0 aliphatic carbocycles. The Labute approximate surface area is 122 Å². The highest BCUT2D eigenvalue weighted by Crippen LogP contribution is 2.36. The molecule has 0 aliphatic heterocycles. The minimum Gasteiger partial charge on any atom is -0.493 e. The van der Waals surface area contributed by atoms with Gasteiger partial charge in [-0.1, -0.05) is 13.3 Å². The van der Waals surface area contributed by atoms with E-state index in [0.29, 0.717) is 34.7 Å². The van der Waals surface area contributed by atoms with Crippen molar-refractivity contribution in [2.45, 2.75) is 26.7 Å². The van der Waals surface area contributed by atoms with Gasteiger partial charge in [-0.15, -0.1) is 0 Å². The van der Waals surface area contributed by atoms with E-state index in [0.717, 1.165) is 12.8 Å². The van der Waals surface area contributed by atoms with Gasteiger partial charge in [0.2, 0.25) is 0 Å². The van der Waals surface area contributed by atoms with Crippen molar-refractivity contribution in [2.24, 2.45) is 0 Å². The Morgan fingerprint density at radius 3 is 2.68 bits per heavy atom. The quantitative estimate of drug-likeness (QED) is 0.780. The summed E-state index contributed by atoms with van der Waals surface area (Å²) in [7, 11) is 1.56. The average Bonchev–Trinajstić information content (AvgIpc) is 2.41. The molecule has 0 unspecified atom stereocenters. The third kappa shape index (κ3) is 4.42. The molecule has 0 heterocycles. The molecule has 106 valence electrons. The van der Waals surface area contributed by atoms with Gasteiger partial charge in [0.25, 0.3) is 5.91 Å². The first-order chi connectivity index (χ1) is 9.13. The Bertz CT molecular complexity index is 435. The zero-order valence-electron chi connectivity index (χ0n) is 11.6. The van der Waals surface area contributed by atoms with Crippen LogP contribution in [0.15, 0.2) is 16.6 Å². The first kappa shape index (κ1) is 15.8. The van der Waals surface area contributed by atoms with Crippen LogP contribution in [0.2, 0.25) is 0 Å². The van der Waals surface area contributed by atoms with Crippen LogP contribution in [0.5, 0.6) is 11.5 Å². The summed E-state index contributed by atoms with van der Waals surface area (Å²) < 4.78 is 11.5. The Hall–Kier alpha value is -1.23. The number of rotatable bonds is 7. The molecule has 0 atom stereocenters. The third-order valence-electron chi connectivity index (χ3n) is 2.60. The van der Waals surface area contributed by atoms with E-state index in [9.17, 15) is 4.79 Å². The average molecular weight is 330 g/mol. The van der Waals surface area contributed by atoms with Crippen molar-refractivity contribution in [1.82, 2.24) is 5.32 Å². The van der Waals surface area contributed by atoms with Crippen LogP contribution >= 0.6 is 15.9 Å². The van der Waals surface area contributed by atoms with Crippen LogP contribution in [0.25, 0.3) is 0 Å². The number of halogens is 1. The molecule has 0 aliphatic rings. The summed E-state index contributed by atoms with van der Waals surface area (Å²) in [4.78, 5) is 12.0. The summed E-state index contributed by atoms with van der Waals surface area (Å²) in [5, 5.41) is 2.87. The molecule has 19 heavy (non-hydrogen) atoms. The minimum absolute atomic E-state index is 0.101. The molecule has 5 heteroatoms. The second-order valence-electron chi connectivity index (χ2n) is 4.03. The molecule has 1 aromatic rings. The van der Waals surface area contributed by atoms with Gasteiger partial charge >= 0.3 is 0 Å². The van der Waals surface area contributed by atoms with E-state index in [1.807, 2.05) is 6.92 Å². The SMILES string of the molecule is CCCCNC(=O)c1cc(Br)c(OCC)c(OC)c1. The van der Waals surface area contributed by atoms with Gasteiger partial charge in [0.1, 0.15) is 0 Å². The fourth-order valence-corrected chi connectivity index (χ4v) is 2.17. The monoisotopic (exact) mass is 329 g/mol. The molecular formula is C14H20BrNO3. The molecule has 1 amide bonds. The maximum Gasteiger partial charge on any atom is 0.251 e. The molecule has 1 aromatic carbocycles. The fraction of sp³-hybridized carbons (Fsp3) is 0.500. The van der Waals surface area contributed by atoms with Gasteiger partial charge in [-0.3, -0.25) is 4.79 Å². The normalized spacial score (nSPS) is 10.1. The topological polar surface area (TPSA) is 47.6 Å². The summed E-state index contributed by atoms with van der Waals surface area (Å²) in [6.07, 6.45) is 2.03. The first-order valence-electron chi connectivity index (χ1n) is 6.42. The van der Waals surface area contributed by atoms with Crippen molar-refractivity contribution < 1.29 is 14.3 Å². The van der Waals surface area contributed by atoms with Crippen LogP contribution in [-0.4, -0.2) is 26.2 Å². The summed E-state index contributed by atoms with van der Waals surface area (Å²) in [6.45, 7) is 5.21. The highest BCUT2D eigenvalue weighted by molar-refractivity contribution is 9.10. The maximum atomic E-state index is 12.0. The molecule has 0 radical (unpaired) electrons. The lowest BCUT2D eigenvalue weighted by atomic mass is 10.2. The number of nitrogens with one attached hydrogen (secondary N) is 1. The van der Waals surface area contributed by atoms with Crippen molar-refractivity contribution in [3.05, 3.63) is 22.2 Å². The summed E-state index contributed by atoms with van der Waals surface area (Å²) >= 11 is 3.40. The molecule has 0 aromatic heterocycles. The predicted octanol–water partition coefficient (Wildman–Crippen LogP) is 3.39. The Kier molecular flexibility index (Phi) is 6.70. The van der Waals surface area contributed by atoms with Crippen molar-refractivity contribution in [3.63, 3.8) is 0 Å². The number of carbonyl (C=O) groups excluding carboxylic acids is 1. The van der Waals surface area contributed by atoms with Gasteiger partial charge < -0.3 is 14.8 Å². The van der Waals surface area contributed by atoms with E-state index in [4.69, 9.17) is 9.47 Å². The van der Waals surface area contributed by atoms with Crippen LogP contribution < -0.4 is 14.8 Å². The fourth-order valence-electron chi connectivity index (χ4n) is 1.62. The first-order valence-corrected chi connectivity index (χ1v) is 7.21. The predicted molar refractivity (Wildman–Crippen MR) is 79.1 cm³/mol. The minimum atomic E-state index is -0.101. The van der Waals surface area contributed by atoms with Crippen molar-refractivity contribution in [3.8, 4) is 11.5 Å². The van der Waals surface area contributed by atoms with Crippen molar-refractivity contribution in [2.75, 3.05) is 20.3 Å². The largest absolute Gasteiger partial charge is 0.493 e. The number of benzene rings is 1. The lowest BCUT2D eigenvalue weighted by molar-refractivity contribution is 0.0952. The van der Waals surface area contributed by atoms with Gasteiger partial charge in [0, 0.05) is 12.1 Å². The number of hydrogen-bond acceptors (Lipinski definition) is 3. The molecule has 1 rings (SSSR count). The van der Waals surface area contributed by atoms with Crippen molar-refractivity contribution >= 4 is 21.8 Å². The smallest absolute Gasteiger partial charge is 0.251 e. The zero-order chi connectivity index (χ0) is 14.3. The van der Waals surface area contributed by atoms with Crippen molar-refractivity contribution in [1.29, 1.82) is 0 Å². The van der Waals surface area contributed by atoms with Crippen LogP contribution in [0.4, 0.5) is 0 Å². The standard InChI is InChI=1S/C14H20BrNO3/c1-4-6-7-16-14(17)10-8-11(15)13(19-5-2)12(9-10)18-3/h8-9H,4-7H2,1-3H3,(H,16,17). The van der Waals surface area contributed by atoms with Crippen LogP contribution in [-0.2, 0) is 0 Å². The summed E-state index contributed by atoms with van der Waals surface area (Å²) in [5.41, 5.74) is 0.559. The molecule has 0 fully saturated rings. The van der Waals surface area contributed by atoms with E-state index in [-0.39, 0.29) is 5.91 Å². The molecule has 0 saturated heterocycles. The lowest BCUT2D eigenvalue weighted by Crippen LogP contribution is -2.24. The molecule has 0 saturated carbocycles. The Morgan fingerprint density at radius 2 is 2.11 bits per heavy atom. The number of unbranched alkanes of at least 4 members (excludes halogenated alkanes) is 1. The van der Waals surface area contributed by atoms with E-state index in [1.165, 1.54) is 0 Å². The van der Waals surface area contributed by atoms with Crippen LogP contribution in [0.1, 0.15) is 37.0 Å². The highest BCUT2D eigenvalue weighted by atomic mass is 79.9. The molecule has 1 N–H and O–H groups in total. The van der Waals surface area contributed by atoms with E-state index in [2.05, 4.69) is 28.2 Å². The number of amides is 1. The van der Waals surface area contributed by atoms with Crippen LogP contribution in [0, 0.1) is 0 Å². The molecular weight excluding hydrogens is 310 g/mol. The number of methoxy groups -OCH3 is 1. The second-order valence-corrected chi connectivity index (χ2v) is 4.89. The highest BCUT2D eigenvalue weighted by Gasteiger charge is 2.14. The van der Waals surface area contributed by atoms with Gasteiger partial charge in [-0.05, 0) is 41.4 Å².